The predicted molar refractivity (Wildman–Crippen MR) is 86.9 cm³/mol. The van der Waals surface area contributed by atoms with Crippen LogP contribution in [-0.2, 0) is 20.1 Å². The van der Waals surface area contributed by atoms with Gasteiger partial charge in [0.1, 0.15) is 0 Å². The van der Waals surface area contributed by atoms with Crippen LogP contribution >= 0.6 is 0 Å². The Morgan fingerprint density at radius 3 is 2.55 bits per heavy atom. The summed E-state index contributed by atoms with van der Waals surface area (Å²) in [6, 6.07) is 15.3. The maximum atomic E-state index is 10.8. The normalized spacial score (nSPS) is 11.0. The van der Waals surface area contributed by atoms with Crippen molar-refractivity contribution in [3.8, 4) is 0 Å². The Hall–Kier alpha value is -2.59. The molecular weight excluding hydrogens is 276 g/mol. The van der Waals surface area contributed by atoms with Gasteiger partial charge in [0.15, 0.2) is 0 Å². The molecule has 0 saturated carbocycles. The lowest BCUT2D eigenvalue weighted by Gasteiger charge is -2.05. The Kier molecular flexibility index (Phi) is 3.94. The van der Waals surface area contributed by atoms with Gasteiger partial charge < -0.3 is 15.0 Å². The van der Waals surface area contributed by atoms with Crippen LogP contribution in [0.5, 0.6) is 0 Å². The number of benzene rings is 2. The van der Waals surface area contributed by atoms with E-state index in [1.807, 2.05) is 18.2 Å². The van der Waals surface area contributed by atoms with Crippen molar-refractivity contribution in [1.29, 1.82) is 0 Å². The molecule has 0 unspecified atom stereocenters. The van der Waals surface area contributed by atoms with Crippen molar-refractivity contribution < 1.29 is 9.90 Å². The number of carbonyl (C=O) groups is 1. The smallest absolute Gasteiger partial charge is 0.335 e. The molecule has 0 bridgehead atoms. The molecule has 2 N–H and O–H groups in total. The summed E-state index contributed by atoms with van der Waals surface area (Å²) >= 11 is 0. The first-order valence-corrected chi connectivity index (χ1v) is 7.21. The first-order valence-electron chi connectivity index (χ1n) is 7.21. The minimum Gasteiger partial charge on any atom is -0.478 e. The molecule has 0 aliphatic rings. The fraction of sp³-hybridized carbons (Fsp3) is 0.167. The molecule has 0 amide bonds. The van der Waals surface area contributed by atoms with E-state index >= 15 is 0 Å². The number of hydrogen-bond donors (Lipinski definition) is 2. The Labute approximate surface area is 129 Å². The van der Waals surface area contributed by atoms with Crippen LogP contribution in [0.3, 0.4) is 0 Å². The van der Waals surface area contributed by atoms with Gasteiger partial charge in [-0.05, 0) is 29.3 Å². The van der Waals surface area contributed by atoms with Crippen molar-refractivity contribution in [3.63, 3.8) is 0 Å². The number of rotatable bonds is 5. The lowest BCUT2D eigenvalue weighted by Crippen LogP contribution is -2.12. The van der Waals surface area contributed by atoms with Gasteiger partial charge in [0, 0.05) is 37.2 Å². The molecule has 3 aromatic rings. The first-order chi connectivity index (χ1) is 10.6. The summed E-state index contributed by atoms with van der Waals surface area (Å²) in [5.74, 6) is -0.893. The molecule has 1 heterocycles. The van der Waals surface area contributed by atoms with E-state index in [1.165, 1.54) is 16.5 Å². The van der Waals surface area contributed by atoms with Gasteiger partial charge in [0.25, 0.3) is 0 Å². The second-order valence-electron chi connectivity index (χ2n) is 5.39. The van der Waals surface area contributed by atoms with Crippen molar-refractivity contribution in [3.05, 3.63) is 71.4 Å². The lowest BCUT2D eigenvalue weighted by atomic mass is 10.1. The quantitative estimate of drug-likeness (QED) is 0.760. The zero-order chi connectivity index (χ0) is 15.5. The van der Waals surface area contributed by atoms with Crippen molar-refractivity contribution in [2.24, 2.45) is 7.05 Å². The van der Waals surface area contributed by atoms with Gasteiger partial charge in [-0.3, -0.25) is 0 Å². The highest BCUT2D eigenvalue weighted by atomic mass is 16.4. The van der Waals surface area contributed by atoms with Gasteiger partial charge in [0.2, 0.25) is 0 Å². The van der Waals surface area contributed by atoms with Gasteiger partial charge in [-0.25, -0.2) is 4.79 Å². The number of para-hydroxylation sites is 1. The molecule has 112 valence electrons. The molecule has 4 heteroatoms. The molecule has 2 aromatic carbocycles. The molecular formula is C18H18N2O2. The zero-order valence-corrected chi connectivity index (χ0v) is 12.4. The minimum atomic E-state index is -0.893. The van der Waals surface area contributed by atoms with Crippen molar-refractivity contribution >= 4 is 16.9 Å². The highest BCUT2D eigenvalue weighted by Gasteiger charge is 2.05. The van der Waals surface area contributed by atoms with Crippen LogP contribution in [0.2, 0.25) is 0 Å². The minimum absolute atomic E-state index is 0.317. The van der Waals surface area contributed by atoms with E-state index in [0.717, 1.165) is 12.1 Å². The van der Waals surface area contributed by atoms with Gasteiger partial charge in [-0.15, -0.1) is 0 Å². The largest absolute Gasteiger partial charge is 0.478 e. The van der Waals surface area contributed by atoms with E-state index in [4.69, 9.17) is 5.11 Å². The number of nitrogens with one attached hydrogen (secondary N) is 1. The summed E-state index contributed by atoms with van der Waals surface area (Å²) in [6.07, 6.45) is 2.14. The Balaban J connectivity index is 1.66. The second kappa shape index (κ2) is 6.03. The summed E-state index contributed by atoms with van der Waals surface area (Å²) in [4.78, 5) is 10.8. The van der Waals surface area contributed by atoms with E-state index in [1.54, 1.807) is 12.1 Å². The fourth-order valence-electron chi connectivity index (χ4n) is 2.67. The summed E-state index contributed by atoms with van der Waals surface area (Å²) < 4.78 is 2.13. The molecule has 0 saturated heterocycles. The molecule has 1 aromatic heterocycles. The number of aromatic carboxylic acids is 1. The van der Waals surface area contributed by atoms with Gasteiger partial charge in [0.05, 0.1) is 5.56 Å². The molecule has 0 radical (unpaired) electrons. The van der Waals surface area contributed by atoms with Crippen LogP contribution in [0.25, 0.3) is 10.9 Å². The number of aromatic nitrogens is 1. The maximum Gasteiger partial charge on any atom is 0.335 e. The second-order valence-corrected chi connectivity index (χ2v) is 5.39. The van der Waals surface area contributed by atoms with Crippen molar-refractivity contribution in [1.82, 2.24) is 9.88 Å². The molecule has 3 rings (SSSR count). The molecule has 0 spiro atoms. The van der Waals surface area contributed by atoms with Crippen LogP contribution in [-0.4, -0.2) is 15.6 Å². The Morgan fingerprint density at radius 2 is 1.82 bits per heavy atom. The van der Waals surface area contributed by atoms with E-state index in [9.17, 15) is 4.79 Å². The van der Waals surface area contributed by atoms with Crippen LogP contribution in [0.15, 0.2) is 54.7 Å². The Morgan fingerprint density at radius 1 is 1.09 bits per heavy atom. The summed E-state index contributed by atoms with van der Waals surface area (Å²) in [5.41, 5.74) is 3.88. The number of carboxylic acid groups (broad SMARTS) is 1. The molecule has 0 aliphatic carbocycles. The molecule has 4 nitrogen and oxygen atoms in total. The number of nitrogens with zero attached hydrogens (tertiary/aromatic N) is 1. The van der Waals surface area contributed by atoms with Crippen molar-refractivity contribution in [2.45, 2.75) is 13.1 Å². The lowest BCUT2D eigenvalue weighted by molar-refractivity contribution is 0.0697. The molecule has 0 fully saturated rings. The number of fused-ring (bicyclic) bond motifs is 1. The highest BCUT2D eigenvalue weighted by Crippen LogP contribution is 2.20. The van der Waals surface area contributed by atoms with E-state index in [2.05, 4.69) is 41.3 Å². The summed E-state index contributed by atoms with van der Waals surface area (Å²) in [7, 11) is 2.05. The third-order valence-corrected chi connectivity index (χ3v) is 3.82. The summed E-state index contributed by atoms with van der Waals surface area (Å²) in [5, 5.41) is 13.6. The van der Waals surface area contributed by atoms with Gasteiger partial charge in [-0.2, -0.15) is 0 Å². The van der Waals surface area contributed by atoms with Gasteiger partial charge in [-0.1, -0.05) is 30.3 Å². The van der Waals surface area contributed by atoms with Crippen LogP contribution in [0, 0.1) is 0 Å². The average molecular weight is 294 g/mol. The molecule has 22 heavy (non-hydrogen) atoms. The summed E-state index contributed by atoms with van der Waals surface area (Å²) in [6.45, 7) is 1.49. The molecule has 0 atom stereocenters. The van der Waals surface area contributed by atoms with Crippen molar-refractivity contribution in [2.75, 3.05) is 0 Å². The third kappa shape index (κ3) is 2.87. The Bertz CT molecular complexity index is 804. The van der Waals surface area contributed by atoms with E-state index in [0.29, 0.717) is 12.1 Å². The monoisotopic (exact) mass is 294 g/mol. The fourth-order valence-corrected chi connectivity index (χ4v) is 2.67. The standard InChI is InChI=1S/C18H18N2O2/c1-20-12-15(16-4-2-3-5-17(16)20)11-19-10-13-6-8-14(9-7-13)18(21)22/h2-9,12,19H,10-11H2,1H3,(H,21,22). The van der Waals surface area contributed by atoms with E-state index in [-0.39, 0.29) is 0 Å². The SMILES string of the molecule is Cn1cc(CNCc2ccc(C(=O)O)cc2)c2ccccc21. The predicted octanol–water partition coefficient (Wildman–Crippen LogP) is 3.17. The maximum absolute atomic E-state index is 10.8. The zero-order valence-electron chi connectivity index (χ0n) is 12.4. The number of aryl methyl sites for hydroxylation is 1. The number of hydrogen-bond acceptors (Lipinski definition) is 2. The first kappa shape index (κ1) is 14.4. The molecule has 0 aliphatic heterocycles. The average Bonchev–Trinajstić information content (AvgIpc) is 2.85. The van der Waals surface area contributed by atoms with Crippen LogP contribution < -0.4 is 5.32 Å². The number of carboxylic acids is 1. The van der Waals surface area contributed by atoms with Crippen LogP contribution in [0.4, 0.5) is 0 Å². The van der Waals surface area contributed by atoms with Gasteiger partial charge >= 0.3 is 5.97 Å². The van der Waals surface area contributed by atoms with E-state index < -0.39 is 5.97 Å². The van der Waals surface area contributed by atoms with Crippen LogP contribution in [0.1, 0.15) is 21.5 Å². The highest BCUT2D eigenvalue weighted by molar-refractivity contribution is 5.87. The third-order valence-electron chi connectivity index (χ3n) is 3.82. The topological polar surface area (TPSA) is 54.3 Å².